The van der Waals surface area contributed by atoms with Crippen LogP contribution in [0.4, 0.5) is 5.69 Å². The van der Waals surface area contributed by atoms with Gasteiger partial charge in [-0.15, -0.1) is 0 Å². The number of hydrogen-bond acceptors (Lipinski definition) is 6. The Kier molecular flexibility index (Phi) is 7.45. The van der Waals surface area contributed by atoms with Crippen LogP contribution in [0, 0.1) is 3.57 Å². The molecule has 9 heteroatoms. The molecule has 0 bridgehead atoms. The molecule has 1 amide bonds. The normalized spacial score (nSPS) is 17.5. The van der Waals surface area contributed by atoms with E-state index in [0.717, 1.165) is 48.5 Å². The van der Waals surface area contributed by atoms with Gasteiger partial charge in [-0.25, -0.2) is 0 Å². The van der Waals surface area contributed by atoms with E-state index in [1.54, 1.807) is 0 Å². The second-order valence-electron chi connectivity index (χ2n) is 7.96. The van der Waals surface area contributed by atoms with Crippen LogP contribution in [0.2, 0.25) is 0 Å². The molecule has 3 aromatic rings. The van der Waals surface area contributed by atoms with Crippen LogP contribution < -0.4 is 24.8 Å². The van der Waals surface area contributed by atoms with Crippen molar-refractivity contribution in [2.75, 3.05) is 12.1 Å². The number of carbonyl (C=O) groups excluding carboxylic acids is 1. The van der Waals surface area contributed by atoms with Gasteiger partial charge < -0.3 is 24.8 Å². The van der Waals surface area contributed by atoms with E-state index in [1.807, 2.05) is 48.5 Å². The summed E-state index contributed by atoms with van der Waals surface area (Å²) >= 11 is 7.35. The summed E-state index contributed by atoms with van der Waals surface area (Å²) in [5.41, 5.74) is 3.95. The molecule has 0 saturated carbocycles. The van der Waals surface area contributed by atoms with Gasteiger partial charge in [0.1, 0.15) is 12.4 Å². The smallest absolute Gasteiger partial charge is 0.260 e. The summed E-state index contributed by atoms with van der Waals surface area (Å²) in [5, 5.41) is 6.35. The SMILES string of the molecule is CCc1ccc(N[C@H]2NC(=O)/C(=C/c3cc(Br)c(OCc4ccc5c(c4)OCO5)c(I)c3)S2)cc1. The number of thioether (sulfide) groups is 1. The van der Waals surface area contributed by atoms with Crippen molar-refractivity contribution >= 4 is 68.0 Å². The number of benzene rings is 3. The molecule has 1 saturated heterocycles. The van der Waals surface area contributed by atoms with Crippen LogP contribution in [0.1, 0.15) is 23.6 Å². The van der Waals surface area contributed by atoms with Crippen LogP contribution in [0.5, 0.6) is 17.2 Å². The standard InChI is InChI=1S/C26H22BrIN2O4S/c1-2-15-3-6-18(7-4-15)29-26-30-25(31)23(35-26)12-17-9-19(27)24(20(28)10-17)32-13-16-5-8-21-22(11-16)34-14-33-21/h3-12,26,29H,2,13-14H2,1H3,(H,30,31)/b23-12-/t26-/m0/s1. The van der Waals surface area contributed by atoms with Gasteiger partial charge in [0.05, 0.1) is 12.9 Å². The van der Waals surface area contributed by atoms with Crippen LogP contribution in [0.25, 0.3) is 6.08 Å². The van der Waals surface area contributed by atoms with Crippen LogP contribution >= 0.6 is 50.3 Å². The fraction of sp³-hybridized carbons (Fsp3) is 0.192. The average molecular weight is 665 g/mol. The highest BCUT2D eigenvalue weighted by Gasteiger charge is 2.27. The maximum atomic E-state index is 12.6. The summed E-state index contributed by atoms with van der Waals surface area (Å²) in [7, 11) is 0. The Labute approximate surface area is 230 Å². The summed E-state index contributed by atoms with van der Waals surface area (Å²) in [4.78, 5) is 13.2. The van der Waals surface area contributed by atoms with Crippen LogP contribution in [-0.4, -0.2) is 18.2 Å². The number of rotatable bonds is 7. The predicted molar refractivity (Wildman–Crippen MR) is 151 cm³/mol. The predicted octanol–water partition coefficient (Wildman–Crippen LogP) is 6.52. The van der Waals surface area contributed by atoms with Gasteiger partial charge in [0.2, 0.25) is 6.79 Å². The molecule has 3 aromatic carbocycles. The van der Waals surface area contributed by atoms with Crippen LogP contribution in [0.3, 0.4) is 0 Å². The van der Waals surface area contributed by atoms with E-state index >= 15 is 0 Å². The van der Waals surface area contributed by atoms with Gasteiger partial charge in [0.25, 0.3) is 5.91 Å². The Morgan fingerprint density at radius 3 is 2.69 bits per heavy atom. The molecule has 0 aliphatic carbocycles. The van der Waals surface area contributed by atoms with Crippen LogP contribution in [0.15, 0.2) is 64.0 Å². The lowest BCUT2D eigenvalue weighted by Crippen LogP contribution is -2.30. The quantitative estimate of drug-likeness (QED) is 0.221. The first kappa shape index (κ1) is 24.3. The minimum Gasteiger partial charge on any atom is -0.487 e. The number of anilines is 1. The summed E-state index contributed by atoms with van der Waals surface area (Å²) in [6, 6.07) is 18.0. The van der Waals surface area contributed by atoms with Gasteiger partial charge in [-0.2, -0.15) is 0 Å². The largest absolute Gasteiger partial charge is 0.487 e. The van der Waals surface area contributed by atoms with E-state index in [-0.39, 0.29) is 18.2 Å². The van der Waals surface area contributed by atoms with Crippen molar-refractivity contribution in [3.63, 3.8) is 0 Å². The van der Waals surface area contributed by atoms with E-state index in [9.17, 15) is 4.79 Å². The second-order valence-corrected chi connectivity index (χ2v) is 11.1. The Bertz CT molecular complexity index is 1280. The summed E-state index contributed by atoms with van der Waals surface area (Å²) in [6.45, 7) is 2.78. The van der Waals surface area contributed by atoms with Gasteiger partial charge in [0.15, 0.2) is 17.0 Å². The lowest BCUT2D eigenvalue weighted by atomic mass is 10.1. The zero-order chi connectivity index (χ0) is 24.4. The highest BCUT2D eigenvalue weighted by atomic mass is 127. The maximum Gasteiger partial charge on any atom is 0.260 e. The first-order chi connectivity index (χ1) is 17.0. The zero-order valence-electron chi connectivity index (χ0n) is 18.8. The number of ether oxygens (including phenoxy) is 3. The third kappa shape index (κ3) is 5.73. The highest BCUT2D eigenvalue weighted by molar-refractivity contribution is 14.1. The number of nitrogens with one attached hydrogen (secondary N) is 2. The van der Waals surface area contributed by atoms with E-state index < -0.39 is 0 Å². The number of hydrogen-bond donors (Lipinski definition) is 2. The molecule has 2 N–H and O–H groups in total. The van der Waals surface area contributed by atoms with Crippen molar-refractivity contribution in [1.29, 1.82) is 0 Å². The molecule has 0 unspecified atom stereocenters. The van der Waals surface area contributed by atoms with Crippen molar-refractivity contribution < 1.29 is 19.0 Å². The molecule has 0 radical (unpaired) electrons. The summed E-state index contributed by atoms with van der Waals surface area (Å²) < 4.78 is 18.7. The molecule has 0 spiro atoms. The van der Waals surface area contributed by atoms with Crippen molar-refractivity contribution in [3.05, 3.63) is 84.2 Å². The number of fused-ring (bicyclic) bond motifs is 1. The maximum absolute atomic E-state index is 12.6. The van der Waals surface area contributed by atoms with Gasteiger partial charge in [-0.05, 0) is 104 Å². The molecule has 0 aromatic heterocycles. The molecule has 5 rings (SSSR count). The molecular formula is C26H22BrIN2O4S. The number of aryl methyl sites for hydroxylation is 1. The Balaban J connectivity index is 1.25. The highest BCUT2D eigenvalue weighted by Crippen LogP contribution is 2.37. The van der Waals surface area contributed by atoms with E-state index in [1.165, 1.54) is 17.3 Å². The van der Waals surface area contributed by atoms with Crippen molar-refractivity contribution in [2.24, 2.45) is 0 Å². The van der Waals surface area contributed by atoms with Gasteiger partial charge in [0, 0.05) is 5.69 Å². The van der Waals surface area contributed by atoms with Crippen molar-refractivity contribution in [3.8, 4) is 17.2 Å². The van der Waals surface area contributed by atoms with E-state index in [2.05, 4.69) is 68.2 Å². The van der Waals surface area contributed by atoms with Crippen molar-refractivity contribution in [1.82, 2.24) is 5.32 Å². The first-order valence-corrected chi connectivity index (χ1v) is 13.8. The zero-order valence-corrected chi connectivity index (χ0v) is 23.3. The number of amides is 1. The monoisotopic (exact) mass is 664 g/mol. The topological polar surface area (TPSA) is 68.8 Å². The lowest BCUT2D eigenvalue weighted by molar-refractivity contribution is -0.116. The molecule has 35 heavy (non-hydrogen) atoms. The summed E-state index contributed by atoms with van der Waals surface area (Å²) in [5.74, 6) is 2.15. The van der Waals surface area contributed by atoms with Crippen molar-refractivity contribution in [2.45, 2.75) is 25.4 Å². The second kappa shape index (κ2) is 10.7. The Morgan fingerprint density at radius 2 is 1.91 bits per heavy atom. The van der Waals surface area contributed by atoms with Gasteiger partial charge in [-0.3, -0.25) is 4.79 Å². The molecule has 2 heterocycles. The minimum atomic E-state index is -0.215. The molecule has 6 nitrogen and oxygen atoms in total. The molecule has 1 atom stereocenters. The number of carbonyl (C=O) groups is 1. The molecule has 2 aliphatic rings. The number of halogens is 2. The molecular weight excluding hydrogens is 643 g/mol. The lowest BCUT2D eigenvalue weighted by Gasteiger charge is -2.13. The average Bonchev–Trinajstić information content (AvgIpc) is 3.44. The molecule has 1 fully saturated rings. The fourth-order valence-electron chi connectivity index (χ4n) is 3.69. The first-order valence-electron chi connectivity index (χ1n) is 11.0. The molecule has 2 aliphatic heterocycles. The Morgan fingerprint density at radius 1 is 1.14 bits per heavy atom. The molecule has 180 valence electrons. The van der Waals surface area contributed by atoms with Crippen LogP contribution in [-0.2, 0) is 17.8 Å². The van der Waals surface area contributed by atoms with E-state index in [4.69, 9.17) is 14.2 Å². The summed E-state index contributed by atoms with van der Waals surface area (Å²) in [6.07, 6.45) is 2.90. The fourth-order valence-corrected chi connectivity index (χ4v) is 6.45. The Hall–Kier alpha value is -2.37. The van der Waals surface area contributed by atoms with E-state index in [0.29, 0.717) is 11.5 Å². The third-order valence-corrected chi connectivity index (χ3v) is 7.95. The minimum absolute atomic E-state index is 0.0908. The third-order valence-electron chi connectivity index (χ3n) is 5.53. The van der Waals surface area contributed by atoms with Gasteiger partial charge >= 0.3 is 0 Å². The van der Waals surface area contributed by atoms with Gasteiger partial charge in [-0.1, -0.05) is 36.9 Å².